The summed E-state index contributed by atoms with van der Waals surface area (Å²) in [5, 5.41) is 11.9. The van der Waals surface area contributed by atoms with Gasteiger partial charge >= 0.3 is 6.18 Å². The maximum atomic E-state index is 13.3. The third kappa shape index (κ3) is 4.57. The number of pyridine rings is 1. The van der Waals surface area contributed by atoms with Crippen LogP contribution in [-0.2, 0) is 12.6 Å². The average Bonchev–Trinajstić information content (AvgIpc) is 3.55. The van der Waals surface area contributed by atoms with Gasteiger partial charge in [0, 0.05) is 52.6 Å². The number of fused-ring (bicyclic) bond motifs is 2. The van der Waals surface area contributed by atoms with Crippen molar-refractivity contribution in [3.8, 4) is 11.4 Å². The van der Waals surface area contributed by atoms with E-state index in [2.05, 4.69) is 35.5 Å². The third-order valence-electron chi connectivity index (χ3n) is 6.12. The average molecular weight is 513 g/mol. The molecule has 0 bridgehead atoms. The Hall–Kier alpha value is -5.06. The quantitative estimate of drug-likeness (QED) is 0.233. The topological polar surface area (TPSA) is 112 Å². The van der Waals surface area contributed by atoms with Crippen molar-refractivity contribution in [2.45, 2.75) is 12.6 Å². The molecule has 0 fully saturated rings. The highest BCUT2D eigenvalue weighted by molar-refractivity contribution is 6.01. The summed E-state index contributed by atoms with van der Waals surface area (Å²) < 4.78 is 39.9. The Morgan fingerprint density at radius 2 is 1.82 bits per heavy atom. The van der Waals surface area contributed by atoms with Gasteiger partial charge in [-0.15, -0.1) is 0 Å². The van der Waals surface area contributed by atoms with Gasteiger partial charge in [-0.1, -0.05) is 12.1 Å². The van der Waals surface area contributed by atoms with E-state index in [0.29, 0.717) is 22.7 Å². The molecule has 0 aliphatic carbocycles. The second kappa shape index (κ2) is 9.11. The number of aromatic amines is 2. The second-order valence-electron chi connectivity index (χ2n) is 8.68. The van der Waals surface area contributed by atoms with Crippen molar-refractivity contribution in [1.29, 1.82) is 0 Å². The molecule has 188 valence electrons. The van der Waals surface area contributed by atoms with Crippen molar-refractivity contribution >= 4 is 39.1 Å². The van der Waals surface area contributed by atoms with Gasteiger partial charge in [-0.05, 0) is 48.0 Å². The SMILES string of the molecule is O=C(Cc1ccncc1C(F)(F)F)c1cc2ccc(-c3nccc(Nc4ccc5[nH]ncc5c4)n3)cc2[nH]1. The summed E-state index contributed by atoms with van der Waals surface area (Å²) >= 11 is 0. The summed E-state index contributed by atoms with van der Waals surface area (Å²) in [6.45, 7) is 0. The number of benzene rings is 2. The number of hydrogen-bond donors (Lipinski definition) is 3. The lowest BCUT2D eigenvalue weighted by atomic mass is 10.0. The fourth-order valence-electron chi connectivity index (χ4n) is 4.25. The van der Waals surface area contributed by atoms with Gasteiger partial charge in [0.1, 0.15) is 5.82 Å². The van der Waals surface area contributed by atoms with Crippen LogP contribution in [0.5, 0.6) is 0 Å². The summed E-state index contributed by atoms with van der Waals surface area (Å²) in [6.07, 6.45) is 0.366. The zero-order chi connectivity index (χ0) is 26.3. The Balaban J connectivity index is 1.24. The molecule has 0 aliphatic rings. The minimum Gasteiger partial charge on any atom is -0.352 e. The van der Waals surface area contributed by atoms with Crippen LogP contribution >= 0.6 is 0 Å². The number of anilines is 2. The number of rotatable bonds is 6. The van der Waals surface area contributed by atoms with Gasteiger partial charge in [-0.2, -0.15) is 18.3 Å². The Morgan fingerprint density at radius 3 is 2.68 bits per heavy atom. The molecule has 11 heteroatoms. The van der Waals surface area contributed by atoms with E-state index in [-0.39, 0.29) is 11.3 Å². The van der Waals surface area contributed by atoms with Crippen molar-refractivity contribution in [1.82, 2.24) is 30.1 Å². The number of aromatic nitrogens is 6. The lowest BCUT2D eigenvalue weighted by molar-refractivity contribution is -0.138. The van der Waals surface area contributed by atoms with E-state index in [1.165, 1.54) is 12.3 Å². The van der Waals surface area contributed by atoms with Crippen molar-refractivity contribution in [3.05, 3.63) is 96.2 Å². The van der Waals surface area contributed by atoms with Crippen LogP contribution in [0.25, 0.3) is 33.2 Å². The van der Waals surface area contributed by atoms with E-state index in [1.807, 2.05) is 30.3 Å². The molecule has 0 unspecified atom stereocenters. The Labute approximate surface area is 213 Å². The number of nitrogens with one attached hydrogen (secondary N) is 3. The van der Waals surface area contributed by atoms with Crippen molar-refractivity contribution in [3.63, 3.8) is 0 Å². The lowest BCUT2D eigenvalue weighted by Gasteiger charge is -2.11. The number of ketones is 1. The van der Waals surface area contributed by atoms with E-state index in [1.54, 1.807) is 30.6 Å². The molecule has 0 atom stereocenters. The van der Waals surface area contributed by atoms with E-state index in [0.717, 1.165) is 28.2 Å². The standard InChI is InChI=1S/C27H18F3N7O/c28-27(29,30)20-14-31-7-5-15(20)12-24(38)23-10-16-1-2-17(11-22(16)35-23)26-32-8-6-25(36-26)34-19-3-4-21-18(9-19)13-33-37-21/h1-11,13-14,35H,12H2,(H,33,37)(H,32,34,36). The molecule has 8 nitrogen and oxygen atoms in total. The number of hydrogen-bond acceptors (Lipinski definition) is 6. The number of Topliss-reactive ketones (excluding diaryl/α,β-unsaturated/α-hetero) is 1. The summed E-state index contributed by atoms with van der Waals surface area (Å²) in [6, 6.07) is 15.8. The van der Waals surface area contributed by atoms with Crippen molar-refractivity contribution < 1.29 is 18.0 Å². The fraction of sp³-hybridized carbons (Fsp3) is 0.0741. The minimum atomic E-state index is -4.59. The summed E-state index contributed by atoms with van der Waals surface area (Å²) in [5.41, 5.74) is 2.30. The number of halogens is 3. The van der Waals surface area contributed by atoms with Gasteiger partial charge in [0.05, 0.1) is 23.0 Å². The number of alkyl halides is 3. The predicted molar refractivity (Wildman–Crippen MR) is 136 cm³/mol. The van der Waals surface area contributed by atoms with E-state index in [4.69, 9.17) is 0 Å². The van der Waals surface area contributed by atoms with Gasteiger partial charge in [-0.25, -0.2) is 9.97 Å². The highest BCUT2D eigenvalue weighted by Crippen LogP contribution is 2.32. The highest BCUT2D eigenvalue weighted by Gasteiger charge is 2.34. The van der Waals surface area contributed by atoms with Crippen LogP contribution in [-0.4, -0.2) is 35.9 Å². The summed E-state index contributed by atoms with van der Waals surface area (Å²) in [4.78, 5) is 28.4. The normalized spacial score (nSPS) is 11.8. The van der Waals surface area contributed by atoms with Crippen LogP contribution in [0.4, 0.5) is 24.7 Å². The Bertz CT molecular complexity index is 1810. The predicted octanol–water partition coefficient (Wildman–Crippen LogP) is 6.08. The first kappa shape index (κ1) is 23.3. The van der Waals surface area contributed by atoms with Gasteiger partial charge in [0.2, 0.25) is 0 Å². The molecule has 0 spiro atoms. The molecule has 6 aromatic rings. The van der Waals surface area contributed by atoms with Crippen LogP contribution in [0.3, 0.4) is 0 Å². The summed E-state index contributed by atoms with van der Waals surface area (Å²) in [7, 11) is 0. The highest BCUT2D eigenvalue weighted by atomic mass is 19.4. The maximum absolute atomic E-state index is 13.3. The molecule has 38 heavy (non-hydrogen) atoms. The van der Waals surface area contributed by atoms with E-state index >= 15 is 0 Å². The molecule has 0 amide bonds. The molecule has 0 aliphatic heterocycles. The molecule has 2 aromatic carbocycles. The molecule has 0 saturated carbocycles. The molecule has 4 aromatic heterocycles. The first-order chi connectivity index (χ1) is 18.3. The van der Waals surface area contributed by atoms with Gasteiger partial charge < -0.3 is 10.3 Å². The molecule has 3 N–H and O–H groups in total. The Kier molecular flexibility index (Phi) is 5.60. The second-order valence-corrected chi connectivity index (χ2v) is 8.68. The van der Waals surface area contributed by atoms with Crippen LogP contribution in [0.1, 0.15) is 21.6 Å². The molecule has 6 rings (SSSR count). The zero-order valence-electron chi connectivity index (χ0n) is 19.5. The number of nitrogens with zero attached hydrogens (tertiary/aromatic N) is 4. The van der Waals surface area contributed by atoms with Gasteiger partial charge in [0.15, 0.2) is 11.6 Å². The maximum Gasteiger partial charge on any atom is 0.418 e. The largest absolute Gasteiger partial charge is 0.418 e. The van der Waals surface area contributed by atoms with Crippen LogP contribution < -0.4 is 5.32 Å². The van der Waals surface area contributed by atoms with Crippen LogP contribution in [0.15, 0.2) is 79.4 Å². The zero-order valence-corrected chi connectivity index (χ0v) is 19.5. The Morgan fingerprint density at radius 1 is 0.921 bits per heavy atom. The number of carbonyl (C=O) groups excluding carboxylic acids is 1. The molecule has 4 heterocycles. The fourth-order valence-corrected chi connectivity index (χ4v) is 4.25. The van der Waals surface area contributed by atoms with Crippen LogP contribution in [0, 0.1) is 0 Å². The van der Waals surface area contributed by atoms with Crippen LogP contribution in [0.2, 0.25) is 0 Å². The monoisotopic (exact) mass is 513 g/mol. The minimum absolute atomic E-state index is 0.124. The third-order valence-corrected chi connectivity index (χ3v) is 6.12. The smallest absolute Gasteiger partial charge is 0.352 e. The first-order valence-corrected chi connectivity index (χ1v) is 11.5. The number of H-pyrrole nitrogens is 2. The van der Waals surface area contributed by atoms with Crippen molar-refractivity contribution in [2.75, 3.05) is 5.32 Å². The molecule has 0 saturated heterocycles. The van der Waals surface area contributed by atoms with E-state index in [9.17, 15) is 18.0 Å². The first-order valence-electron chi connectivity index (χ1n) is 11.5. The number of carbonyl (C=O) groups is 1. The van der Waals surface area contributed by atoms with Crippen molar-refractivity contribution in [2.24, 2.45) is 0 Å². The molecular formula is C27H18F3N7O. The molecular weight excluding hydrogens is 495 g/mol. The van der Waals surface area contributed by atoms with Gasteiger partial charge in [-0.3, -0.25) is 14.9 Å². The summed E-state index contributed by atoms with van der Waals surface area (Å²) in [5.74, 6) is 0.602. The molecule has 0 radical (unpaired) electrons. The lowest BCUT2D eigenvalue weighted by Crippen LogP contribution is -2.13. The van der Waals surface area contributed by atoms with Gasteiger partial charge in [0.25, 0.3) is 0 Å². The van der Waals surface area contributed by atoms with E-state index < -0.39 is 23.9 Å².